The van der Waals surface area contributed by atoms with Crippen LogP contribution in [0.1, 0.15) is 10.4 Å². The topological polar surface area (TPSA) is 110 Å². The summed E-state index contributed by atoms with van der Waals surface area (Å²) in [6.07, 6.45) is 0. The molecule has 4 N–H and O–H groups in total. The van der Waals surface area contributed by atoms with Crippen molar-refractivity contribution >= 4 is 22.8 Å². The Labute approximate surface area is 102 Å². The maximum atomic E-state index is 11.7. The number of hydrogen-bond donors (Lipinski definition) is 3. The second kappa shape index (κ2) is 4.36. The van der Waals surface area contributed by atoms with Crippen LogP contribution < -0.4 is 16.7 Å². The normalized spacial score (nSPS) is 10.5. The molecule has 0 aliphatic rings. The lowest BCUT2D eigenvalue weighted by molar-refractivity contribution is -0.117. The van der Waals surface area contributed by atoms with Gasteiger partial charge in [-0.25, -0.2) is 4.79 Å². The first-order valence-corrected chi connectivity index (χ1v) is 5.24. The van der Waals surface area contributed by atoms with Crippen molar-refractivity contribution in [2.24, 2.45) is 12.8 Å². The van der Waals surface area contributed by atoms with Crippen LogP contribution in [-0.4, -0.2) is 27.9 Å². The van der Waals surface area contributed by atoms with Gasteiger partial charge in [-0.05, 0) is 18.2 Å². The van der Waals surface area contributed by atoms with Gasteiger partial charge in [-0.15, -0.1) is 0 Å². The van der Waals surface area contributed by atoms with E-state index in [1.165, 1.54) is 4.57 Å². The van der Waals surface area contributed by atoms with E-state index in [1.54, 1.807) is 25.2 Å². The lowest BCUT2D eigenvalue weighted by Gasteiger charge is -2.02. The number of aryl methyl sites for hydroxylation is 1. The maximum Gasteiger partial charge on any atom is 0.326 e. The molecule has 1 heterocycles. The molecule has 0 atom stereocenters. The number of nitrogens with one attached hydrogen (secondary N) is 2. The molecular weight excluding hydrogens is 236 g/mol. The van der Waals surface area contributed by atoms with Crippen LogP contribution in [0.5, 0.6) is 0 Å². The van der Waals surface area contributed by atoms with E-state index in [2.05, 4.69) is 10.3 Å². The Kier molecular flexibility index (Phi) is 2.88. The number of hydrogen-bond acceptors (Lipinski definition) is 3. The first-order chi connectivity index (χ1) is 8.49. The van der Waals surface area contributed by atoms with Crippen LogP contribution in [0, 0.1) is 0 Å². The van der Waals surface area contributed by atoms with Gasteiger partial charge in [0.2, 0.25) is 5.91 Å². The maximum absolute atomic E-state index is 11.7. The van der Waals surface area contributed by atoms with Gasteiger partial charge < -0.3 is 16.0 Å². The van der Waals surface area contributed by atoms with Crippen LogP contribution in [-0.2, 0) is 11.8 Å². The molecule has 0 spiro atoms. The zero-order valence-electron chi connectivity index (χ0n) is 9.69. The summed E-state index contributed by atoms with van der Waals surface area (Å²) in [6, 6.07) is 4.78. The van der Waals surface area contributed by atoms with Crippen LogP contribution in [0.2, 0.25) is 0 Å². The average molecular weight is 248 g/mol. The van der Waals surface area contributed by atoms with Crippen molar-refractivity contribution < 1.29 is 9.59 Å². The molecule has 2 aromatic rings. The van der Waals surface area contributed by atoms with E-state index in [-0.39, 0.29) is 12.2 Å². The molecule has 0 aliphatic heterocycles. The van der Waals surface area contributed by atoms with Gasteiger partial charge in [0.25, 0.3) is 5.91 Å². The first-order valence-electron chi connectivity index (χ1n) is 5.24. The van der Waals surface area contributed by atoms with Crippen molar-refractivity contribution in [3.05, 3.63) is 34.2 Å². The molecule has 0 aliphatic carbocycles. The molecule has 18 heavy (non-hydrogen) atoms. The number of carbonyl (C=O) groups is 2. The molecule has 7 heteroatoms. The number of fused-ring (bicyclic) bond motifs is 1. The number of aromatic amines is 1. The van der Waals surface area contributed by atoms with Gasteiger partial charge in [-0.2, -0.15) is 0 Å². The van der Waals surface area contributed by atoms with Crippen molar-refractivity contribution in [3.63, 3.8) is 0 Å². The summed E-state index contributed by atoms with van der Waals surface area (Å²) in [4.78, 5) is 36.2. The number of carbonyl (C=O) groups excluding carboxylic acids is 2. The van der Waals surface area contributed by atoms with Crippen LogP contribution in [0.4, 0.5) is 0 Å². The summed E-state index contributed by atoms with van der Waals surface area (Å²) in [7, 11) is 1.63. The number of nitrogens with two attached hydrogens (primary N) is 1. The highest BCUT2D eigenvalue weighted by atomic mass is 16.2. The molecule has 0 bridgehead atoms. The predicted molar refractivity (Wildman–Crippen MR) is 65.1 cm³/mol. The molecule has 0 fully saturated rings. The number of primary amides is 1. The zero-order chi connectivity index (χ0) is 13.3. The Morgan fingerprint density at radius 1 is 1.44 bits per heavy atom. The molecule has 1 aromatic carbocycles. The Hall–Kier alpha value is -2.57. The standard InChI is InChI=1S/C11H12N4O3/c1-15-8-3-2-6(4-7(8)14-11(15)18)10(17)13-5-9(12)16/h2-4H,5H2,1H3,(H2,12,16)(H,13,17)(H,14,18). The quantitative estimate of drug-likeness (QED) is 0.653. The molecule has 0 radical (unpaired) electrons. The largest absolute Gasteiger partial charge is 0.368 e. The number of aromatic nitrogens is 2. The number of H-pyrrole nitrogens is 1. The number of imidazole rings is 1. The summed E-state index contributed by atoms with van der Waals surface area (Å²) < 4.78 is 1.44. The number of rotatable bonds is 3. The summed E-state index contributed by atoms with van der Waals surface area (Å²) in [5.41, 5.74) is 6.29. The summed E-state index contributed by atoms with van der Waals surface area (Å²) in [5, 5.41) is 2.37. The van der Waals surface area contributed by atoms with Crippen LogP contribution in [0.15, 0.2) is 23.0 Å². The van der Waals surface area contributed by atoms with Crippen molar-refractivity contribution in [2.45, 2.75) is 0 Å². The van der Waals surface area contributed by atoms with Gasteiger partial charge in [-0.3, -0.25) is 14.2 Å². The fourth-order valence-corrected chi connectivity index (χ4v) is 1.65. The highest BCUT2D eigenvalue weighted by Gasteiger charge is 2.09. The number of amides is 2. The van der Waals surface area contributed by atoms with E-state index >= 15 is 0 Å². The van der Waals surface area contributed by atoms with Gasteiger partial charge >= 0.3 is 5.69 Å². The summed E-state index contributed by atoms with van der Waals surface area (Å²) in [6.45, 7) is -0.220. The fraction of sp³-hybridized carbons (Fsp3) is 0.182. The molecule has 1 aromatic heterocycles. The Morgan fingerprint density at radius 2 is 2.17 bits per heavy atom. The molecule has 0 saturated carbocycles. The van der Waals surface area contributed by atoms with Gasteiger partial charge in [0, 0.05) is 12.6 Å². The monoisotopic (exact) mass is 248 g/mol. The molecule has 0 saturated heterocycles. The second-order valence-corrected chi connectivity index (χ2v) is 3.87. The van der Waals surface area contributed by atoms with Crippen LogP contribution >= 0.6 is 0 Å². The van der Waals surface area contributed by atoms with Crippen LogP contribution in [0.25, 0.3) is 11.0 Å². The Bertz CT molecular complexity index is 683. The van der Waals surface area contributed by atoms with E-state index < -0.39 is 11.8 Å². The lowest BCUT2D eigenvalue weighted by Crippen LogP contribution is -2.33. The van der Waals surface area contributed by atoms with E-state index in [9.17, 15) is 14.4 Å². The highest BCUT2D eigenvalue weighted by molar-refractivity contribution is 5.98. The molecular formula is C11H12N4O3. The minimum atomic E-state index is -0.613. The second-order valence-electron chi connectivity index (χ2n) is 3.87. The first kappa shape index (κ1) is 11.9. The smallest absolute Gasteiger partial charge is 0.326 e. The van der Waals surface area contributed by atoms with E-state index in [1.807, 2.05) is 0 Å². The molecule has 2 amide bonds. The van der Waals surface area contributed by atoms with E-state index in [4.69, 9.17) is 5.73 Å². The predicted octanol–water partition coefficient (Wildman–Crippen LogP) is -0.918. The Balaban J connectivity index is 2.33. The lowest BCUT2D eigenvalue weighted by atomic mass is 10.2. The number of nitrogens with zero attached hydrogens (tertiary/aromatic N) is 1. The molecule has 2 rings (SSSR count). The minimum absolute atomic E-state index is 0.220. The molecule has 7 nitrogen and oxygen atoms in total. The minimum Gasteiger partial charge on any atom is -0.368 e. The molecule has 0 unspecified atom stereocenters. The van der Waals surface area contributed by atoms with Gasteiger partial charge in [0.1, 0.15) is 0 Å². The average Bonchev–Trinajstić information content (AvgIpc) is 2.61. The van der Waals surface area contributed by atoms with Crippen LogP contribution in [0.3, 0.4) is 0 Å². The van der Waals surface area contributed by atoms with Gasteiger partial charge in [0.05, 0.1) is 17.6 Å². The SMILES string of the molecule is Cn1c(=O)[nH]c2cc(C(=O)NCC(N)=O)ccc21. The Morgan fingerprint density at radius 3 is 2.83 bits per heavy atom. The third-order valence-corrected chi connectivity index (χ3v) is 2.59. The highest BCUT2D eigenvalue weighted by Crippen LogP contribution is 2.11. The van der Waals surface area contributed by atoms with Crippen molar-refractivity contribution in [1.82, 2.24) is 14.9 Å². The third-order valence-electron chi connectivity index (χ3n) is 2.59. The van der Waals surface area contributed by atoms with Crippen molar-refractivity contribution in [1.29, 1.82) is 0 Å². The van der Waals surface area contributed by atoms with E-state index in [0.717, 1.165) is 0 Å². The van der Waals surface area contributed by atoms with Gasteiger partial charge in [0.15, 0.2) is 0 Å². The fourth-order valence-electron chi connectivity index (χ4n) is 1.65. The van der Waals surface area contributed by atoms with Crippen molar-refractivity contribution in [2.75, 3.05) is 6.54 Å². The third kappa shape index (κ3) is 2.10. The van der Waals surface area contributed by atoms with Gasteiger partial charge in [-0.1, -0.05) is 0 Å². The summed E-state index contributed by atoms with van der Waals surface area (Å²) >= 11 is 0. The summed E-state index contributed by atoms with van der Waals surface area (Å²) in [5.74, 6) is -1.03. The zero-order valence-corrected chi connectivity index (χ0v) is 9.69. The molecule has 94 valence electrons. The number of benzene rings is 1. The van der Waals surface area contributed by atoms with E-state index in [0.29, 0.717) is 16.6 Å². The van der Waals surface area contributed by atoms with Crippen molar-refractivity contribution in [3.8, 4) is 0 Å².